The molecule has 1 heterocycles. The Morgan fingerprint density at radius 2 is 2.25 bits per heavy atom. The molecular formula is C11H17N3O2. The molecular weight excluding hydrogens is 206 g/mol. The van der Waals surface area contributed by atoms with Crippen LogP contribution in [0.2, 0.25) is 0 Å². The number of carbonyl (C=O) groups is 1. The summed E-state index contributed by atoms with van der Waals surface area (Å²) in [4.78, 5) is 16.5. The van der Waals surface area contributed by atoms with Gasteiger partial charge in [0.05, 0.1) is 11.9 Å². The number of nitrogens with zero attached hydrogens (tertiary/aromatic N) is 2. The molecule has 0 aliphatic heterocycles. The number of anilines is 1. The molecule has 0 fully saturated rings. The molecule has 0 saturated heterocycles. The third-order valence-electron chi connectivity index (χ3n) is 2.47. The molecule has 0 spiro atoms. The van der Waals surface area contributed by atoms with Gasteiger partial charge in [0.1, 0.15) is 5.69 Å². The lowest BCUT2D eigenvalue weighted by molar-refractivity contribution is 0.0690. The van der Waals surface area contributed by atoms with Gasteiger partial charge in [0.2, 0.25) is 0 Å². The highest BCUT2D eigenvalue weighted by atomic mass is 16.4. The van der Waals surface area contributed by atoms with Gasteiger partial charge in [0, 0.05) is 12.6 Å². The number of hydrogen-bond acceptors (Lipinski definition) is 4. The van der Waals surface area contributed by atoms with E-state index in [0.29, 0.717) is 6.04 Å². The molecule has 0 aromatic carbocycles. The van der Waals surface area contributed by atoms with E-state index >= 15 is 0 Å². The number of rotatable bonds is 5. The first-order valence-corrected chi connectivity index (χ1v) is 5.10. The smallest absolute Gasteiger partial charge is 0.354 e. The fourth-order valence-electron chi connectivity index (χ4n) is 1.07. The van der Waals surface area contributed by atoms with Crippen LogP contribution in [0.15, 0.2) is 18.3 Å². The zero-order chi connectivity index (χ0) is 12.1. The summed E-state index contributed by atoms with van der Waals surface area (Å²) in [6, 6.07) is 3.61. The molecule has 0 aliphatic carbocycles. The van der Waals surface area contributed by atoms with Crippen LogP contribution in [0, 0.1) is 0 Å². The molecule has 16 heavy (non-hydrogen) atoms. The lowest BCUT2D eigenvalue weighted by Gasteiger charge is -2.20. The Bertz CT molecular complexity index is 349. The molecule has 5 heteroatoms. The molecule has 1 aromatic heterocycles. The Balaban J connectivity index is 2.53. The second-order valence-corrected chi connectivity index (χ2v) is 3.93. The third kappa shape index (κ3) is 3.51. The quantitative estimate of drug-likeness (QED) is 0.783. The van der Waals surface area contributed by atoms with Crippen LogP contribution < -0.4 is 5.32 Å². The normalized spacial score (nSPS) is 12.5. The fourth-order valence-corrected chi connectivity index (χ4v) is 1.07. The first-order valence-electron chi connectivity index (χ1n) is 5.10. The first kappa shape index (κ1) is 12.4. The number of nitrogens with one attached hydrogen (secondary N) is 1. The highest BCUT2D eigenvalue weighted by molar-refractivity contribution is 5.85. The van der Waals surface area contributed by atoms with E-state index in [0.717, 1.165) is 12.2 Å². The molecule has 0 amide bonds. The van der Waals surface area contributed by atoms with Crippen LogP contribution in [0.25, 0.3) is 0 Å². The molecule has 1 atom stereocenters. The summed E-state index contributed by atoms with van der Waals surface area (Å²) < 4.78 is 0. The van der Waals surface area contributed by atoms with Crippen molar-refractivity contribution >= 4 is 11.7 Å². The minimum absolute atomic E-state index is 0.0613. The standard InChI is InChI=1S/C11H17N3O2/c1-8(14(2)3)6-12-9-4-5-10(11(15)16)13-7-9/h4-5,7-8,12H,6H2,1-3H3,(H,15,16). The second-order valence-electron chi connectivity index (χ2n) is 3.93. The number of carboxylic acid groups (broad SMARTS) is 1. The van der Waals surface area contributed by atoms with Crippen molar-refractivity contribution in [3.63, 3.8) is 0 Å². The molecule has 0 aliphatic rings. The third-order valence-corrected chi connectivity index (χ3v) is 2.47. The molecule has 5 nitrogen and oxygen atoms in total. The topological polar surface area (TPSA) is 65.5 Å². The summed E-state index contributed by atoms with van der Waals surface area (Å²) in [5.41, 5.74) is 0.893. The van der Waals surface area contributed by atoms with E-state index in [4.69, 9.17) is 5.11 Å². The van der Waals surface area contributed by atoms with E-state index in [2.05, 4.69) is 22.1 Å². The number of aromatic nitrogens is 1. The summed E-state index contributed by atoms with van der Waals surface area (Å²) in [6.45, 7) is 2.90. The molecule has 1 aromatic rings. The Morgan fingerprint density at radius 3 is 2.69 bits per heavy atom. The molecule has 88 valence electrons. The predicted molar refractivity (Wildman–Crippen MR) is 62.8 cm³/mol. The number of likely N-dealkylation sites (N-methyl/N-ethyl adjacent to an activating group) is 1. The summed E-state index contributed by atoms with van der Waals surface area (Å²) in [5, 5.41) is 11.9. The van der Waals surface area contributed by atoms with Crippen LogP contribution in [0.5, 0.6) is 0 Å². The van der Waals surface area contributed by atoms with Crippen LogP contribution in [-0.2, 0) is 0 Å². The van der Waals surface area contributed by atoms with Crippen LogP contribution in [0.4, 0.5) is 5.69 Å². The Hall–Kier alpha value is -1.62. The van der Waals surface area contributed by atoms with E-state index in [1.807, 2.05) is 14.1 Å². The maximum absolute atomic E-state index is 10.6. The lowest BCUT2D eigenvalue weighted by Crippen LogP contribution is -2.31. The van der Waals surface area contributed by atoms with Crippen molar-refractivity contribution in [1.29, 1.82) is 0 Å². The van der Waals surface area contributed by atoms with Crippen molar-refractivity contribution in [1.82, 2.24) is 9.88 Å². The van der Waals surface area contributed by atoms with Gasteiger partial charge in [-0.15, -0.1) is 0 Å². The Morgan fingerprint density at radius 1 is 1.56 bits per heavy atom. The van der Waals surface area contributed by atoms with Crippen LogP contribution >= 0.6 is 0 Å². The van der Waals surface area contributed by atoms with Crippen molar-refractivity contribution in [3.8, 4) is 0 Å². The predicted octanol–water partition coefficient (Wildman–Crippen LogP) is 1.14. The number of aromatic carboxylic acids is 1. The summed E-state index contributed by atoms with van der Waals surface area (Å²) in [5.74, 6) is -1.01. The molecule has 2 N–H and O–H groups in total. The van der Waals surface area contributed by atoms with Crippen molar-refractivity contribution in [2.45, 2.75) is 13.0 Å². The van der Waals surface area contributed by atoms with Gasteiger partial charge in [-0.2, -0.15) is 0 Å². The summed E-state index contributed by atoms with van der Waals surface area (Å²) >= 11 is 0. The maximum Gasteiger partial charge on any atom is 0.354 e. The van der Waals surface area contributed by atoms with Gasteiger partial charge in [-0.05, 0) is 33.2 Å². The molecule has 0 bridgehead atoms. The molecule has 1 rings (SSSR count). The van der Waals surface area contributed by atoms with Crippen LogP contribution in [0.3, 0.4) is 0 Å². The second kappa shape index (κ2) is 5.46. The maximum atomic E-state index is 10.6. The van der Waals surface area contributed by atoms with Gasteiger partial charge in [-0.3, -0.25) is 0 Å². The summed E-state index contributed by atoms with van der Waals surface area (Å²) in [6.07, 6.45) is 1.53. The van der Waals surface area contributed by atoms with Gasteiger partial charge >= 0.3 is 5.97 Å². The van der Waals surface area contributed by atoms with E-state index in [-0.39, 0.29) is 5.69 Å². The van der Waals surface area contributed by atoms with Crippen molar-refractivity contribution in [3.05, 3.63) is 24.0 Å². The molecule has 1 unspecified atom stereocenters. The van der Waals surface area contributed by atoms with Gasteiger partial charge < -0.3 is 15.3 Å². The molecule has 0 radical (unpaired) electrons. The average molecular weight is 223 g/mol. The minimum Gasteiger partial charge on any atom is -0.477 e. The van der Waals surface area contributed by atoms with Gasteiger partial charge in [0.15, 0.2) is 0 Å². The highest BCUT2D eigenvalue weighted by Crippen LogP contribution is 2.06. The number of carboxylic acids is 1. The van der Waals surface area contributed by atoms with Crippen LogP contribution in [-0.4, -0.2) is 47.6 Å². The summed E-state index contributed by atoms with van der Waals surface area (Å²) in [7, 11) is 4.02. The zero-order valence-electron chi connectivity index (χ0n) is 9.77. The minimum atomic E-state index is -1.01. The van der Waals surface area contributed by atoms with Gasteiger partial charge in [-0.25, -0.2) is 9.78 Å². The lowest BCUT2D eigenvalue weighted by atomic mass is 10.3. The largest absolute Gasteiger partial charge is 0.477 e. The monoisotopic (exact) mass is 223 g/mol. The van der Waals surface area contributed by atoms with Crippen molar-refractivity contribution in [2.75, 3.05) is 26.0 Å². The van der Waals surface area contributed by atoms with E-state index < -0.39 is 5.97 Å². The number of hydrogen-bond donors (Lipinski definition) is 2. The molecule has 0 saturated carbocycles. The van der Waals surface area contributed by atoms with Gasteiger partial charge in [0.25, 0.3) is 0 Å². The highest BCUT2D eigenvalue weighted by Gasteiger charge is 2.05. The average Bonchev–Trinajstić information content (AvgIpc) is 2.26. The Labute approximate surface area is 95.1 Å². The Kier molecular flexibility index (Phi) is 4.25. The number of pyridine rings is 1. The van der Waals surface area contributed by atoms with Gasteiger partial charge in [-0.1, -0.05) is 0 Å². The van der Waals surface area contributed by atoms with E-state index in [1.165, 1.54) is 12.3 Å². The van der Waals surface area contributed by atoms with E-state index in [9.17, 15) is 4.79 Å². The van der Waals surface area contributed by atoms with Crippen LogP contribution in [0.1, 0.15) is 17.4 Å². The van der Waals surface area contributed by atoms with E-state index in [1.54, 1.807) is 6.07 Å². The first-order chi connectivity index (χ1) is 7.50. The zero-order valence-corrected chi connectivity index (χ0v) is 9.77. The fraction of sp³-hybridized carbons (Fsp3) is 0.455. The van der Waals surface area contributed by atoms with Crippen molar-refractivity contribution < 1.29 is 9.90 Å². The SMILES string of the molecule is CC(CNc1ccc(C(=O)O)nc1)N(C)C. The van der Waals surface area contributed by atoms with Crippen molar-refractivity contribution in [2.24, 2.45) is 0 Å².